The second-order valence-corrected chi connectivity index (χ2v) is 7.42. The lowest BCUT2D eigenvalue weighted by molar-refractivity contribution is 0.123. The molecule has 0 aromatic rings. The first-order chi connectivity index (χ1) is 9.83. The highest BCUT2D eigenvalue weighted by Crippen LogP contribution is 2.35. The minimum absolute atomic E-state index is 0.452. The van der Waals surface area contributed by atoms with E-state index in [0.29, 0.717) is 5.92 Å². The molecule has 0 amide bonds. The van der Waals surface area contributed by atoms with E-state index < -0.39 is 0 Å². The summed E-state index contributed by atoms with van der Waals surface area (Å²) in [4.78, 5) is 4.69. The van der Waals surface area contributed by atoms with Crippen LogP contribution in [0.3, 0.4) is 0 Å². The lowest BCUT2D eigenvalue weighted by atomic mass is 9.86. The summed E-state index contributed by atoms with van der Waals surface area (Å²) in [6.07, 6.45) is 7.22. The van der Waals surface area contributed by atoms with Gasteiger partial charge in [0.15, 0.2) is 0 Å². The fourth-order valence-corrected chi connectivity index (χ4v) is 4.27. The number of hydrogen-bond acceptors (Lipinski definition) is 4. The summed E-state index contributed by atoms with van der Waals surface area (Å²) >= 11 is 1.94. The highest BCUT2D eigenvalue weighted by molar-refractivity contribution is 8.14. The van der Waals surface area contributed by atoms with E-state index in [1.807, 2.05) is 11.8 Å². The van der Waals surface area contributed by atoms with Gasteiger partial charge in [-0.05, 0) is 56.7 Å². The minimum Gasteiger partial charge on any atom is -0.497 e. The van der Waals surface area contributed by atoms with Gasteiger partial charge in [0.1, 0.15) is 5.76 Å². The third kappa shape index (κ3) is 3.59. The maximum absolute atomic E-state index is 6.23. The summed E-state index contributed by atoms with van der Waals surface area (Å²) in [6, 6.07) is 0. The Morgan fingerprint density at radius 3 is 3.00 bits per heavy atom. The van der Waals surface area contributed by atoms with Crippen molar-refractivity contribution in [1.82, 2.24) is 5.32 Å². The van der Waals surface area contributed by atoms with Crippen molar-refractivity contribution >= 4 is 16.8 Å². The fraction of sp³-hybridized carbons (Fsp3) is 0.812. The van der Waals surface area contributed by atoms with E-state index in [1.165, 1.54) is 30.1 Å². The standard InChI is InChI=1S/C16H26N2OS/c1-12-2-3-15(14(10-12)16-18-8-9-20-16)19-11-13-4-6-17-7-5-13/h3,12-14,17H,2,4-11H2,1H3. The lowest BCUT2D eigenvalue weighted by Gasteiger charge is -2.30. The maximum atomic E-state index is 6.23. The van der Waals surface area contributed by atoms with Gasteiger partial charge in [-0.1, -0.05) is 6.92 Å². The summed E-state index contributed by atoms with van der Waals surface area (Å²) in [5, 5.41) is 4.75. The molecule has 4 heteroatoms. The van der Waals surface area contributed by atoms with Crippen molar-refractivity contribution in [2.24, 2.45) is 22.7 Å². The highest BCUT2D eigenvalue weighted by Gasteiger charge is 2.30. The lowest BCUT2D eigenvalue weighted by Crippen LogP contribution is -2.31. The molecule has 0 radical (unpaired) electrons. The molecule has 2 unspecified atom stereocenters. The molecule has 2 atom stereocenters. The van der Waals surface area contributed by atoms with Crippen molar-refractivity contribution in [2.45, 2.75) is 32.6 Å². The molecule has 112 valence electrons. The largest absolute Gasteiger partial charge is 0.497 e. The van der Waals surface area contributed by atoms with Crippen molar-refractivity contribution in [3.8, 4) is 0 Å². The van der Waals surface area contributed by atoms with Gasteiger partial charge in [0.05, 0.1) is 17.6 Å². The topological polar surface area (TPSA) is 33.6 Å². The molecular weight excluding hydrogens is 268 g/mol. The van der Waals surface area contributed by atoms with Crippen LogP contribution in [0.15, 0.2) is 16.8 Å². The van der Waals surface area contributed by atoms with Crippen LogP contribution < -0.4 is 5.32 Å². The number of ether oxygens (including phenoxy) is 1. The van der Waals surface area contributed by atoms with Crippen LogP contribution in [-0.4, -0.2) is 37.0 Å². The molecule has 0 bridgehead atoms. The first kappa shape index (κ1) is 14.5. The van der Waals surface area contributed by atoms with E-state index >= 15 is 0 Å². The summed E-state index contributed by atoms with van der Waals surface area (Å²) in [7, 11) is 0. The molecule has 2 aliphatic heterocycles. The van der Waals surface area contributed by atoms with Gasteiger partial charge in [0, 0.05) is 12.3 Å². The maximum Gasteiger partial charge on any atom is 0.102 e. The van der Waals surface area contributed by atoms with E-state index in [0.717, 1.165) is 50.3 Å². The van der Waals surface area contributed by atoms with Gasteiger partial charge in [-0.2, -0.15) is 0 Å². The van der Waals surface area contributed by atoms with Gasteiger partial charge in [0.2, 0.25) is 0 Å². The zero-order valence-electron chi connectivity index (χ0n) is 12.4. The smallest absolute Gasteiger partial charge is 0.102 e. The van der Waals surface area contributed by atoms with Crippen LogP contribution in [0.2, 0.25) is 0 Å². The summed E-state index contributed by atoms with van der Waals surface area (Å²) in [5.74, 6) is 4.31. The minimum atomic E-state index is 0.452. The molecule has 1 saturated heterocycles. The summed E-state index contributed by atoms with van der Waals surface area (Å²) in [5.41, 5.74) is 0. The van der Waals surface area contributed by atoms with Crippen molar-refractivity contribution < 1.29 is 4.74 Å². The molecule has 3 aliphatic rings. The van der Waals surface area contributed by atoms with Crippen molar-refractivity contribution in [1.29, 1.82) is 0 Å². The van der Waals surface area contributed by atoms with Crippen molar-refractivity contribution in [2.75, 3.05) is 32.0 Å². The van der Waals surface area contributed by atoms with E-state index in [2.05, 4.69) is 23.3 Å². The number of hydrogen-bond donors (Lipinski definition) is 1. The molecule has 3 rings (SSSR count). The van der Waals surface area contributed by atoms with Gasteiger partial charge >= 0.3 is 0 Å². The Labute approximate surface area is 126 Å². The van der Waals surface area contributed by atoms with Crippen LogP contribution in [-0.2, 0) is 4.74 Å². The van der Waals surface area contributed by atoms with Crippen molar-refractivity contribution in [3.05, 3.63) is 11.8 Å². The number of aliphatic imine (C=N–C) groups is 1. The van der Waals surface area contributed by atoms with Crippen LogP contribution in [0.1, 0.15) is 32.6 Å². The highest BCUT2D eigenvalue weighted by atomic mass is 32.2. The molecule has 0 aromatic heterocycles. The first-order valence-corrected chi connectivity index (χ1v) is 9.02. The monoisotopic (exact) mass is 294 g/mol. The number of nitrogens with zero attached hydrogens (tertiary/aromatic N) is 1. The summed E-state index contributed by atoms with van der Waals surface area (Å²) < 4.78 is 6.23. The third-order valence-electron chi connectivity index (χ3n) is 4.55. The Hall–Kier alpha value is -0.480. The average Bonchev–Trinajstić information content (AvgIpc) is 3.01. The van der Waals surface area contributed by atoms with Crippen LogP contribution in [0.5, 0.6) is 0 Å². The number of rotatable bonds is 4. The van der Waals surface area contributed by atoms with Gasteiger partial charge in [-0.3, -0.25) is 4.99 Å². The van der Waals surface area contributed by atoms with Crippen LogP contribution >= 0.6 is 11.8 Å². The fourth-order valence-electron chi connectivity index (χ4n) is 3.28. The van der Waals surface area contributed by atoms with Crippen molar-refractivity contribution in [3.63, 3.8) is 0 Å². The molecule has 0 saturated carbocycles. The zero-order chi connectivity index (χ0) is 13.8. The SMILES string of the molecule is CC1CC=C(OCC2CCNCC2)C(C2=NCCS2)C1. The van der Waals surface area contributed by atoms with E-state index in [-0.39, 0.29) is 0 Å². The van der Waals surface area contributed by atoms with E-state index in [9.17, 15) is 0 Å². The average molecular weight is 294 g/mol. The quantitative estimate of drug-likeness (QED) is 0.865. The number of allylic oxidation sites excluding steroid dienone is 2. The predicted octanol–water partition coefficient (Wildman–Crippen LogP) is 3.08. The number of piperidine rings is 1. The van der Waals surface area contributed by atoms with Gasteiger partial charge < -0.3 is 10.1 Å². The van der Waals surface area contributed by atoms with Gasteiger partial charge in [-0.25, -0.2) is 0 Å². The molecule has 1 fully saturated rings. The van der Waals surface area contributed by atoms with E-state index in [4.69, 9.17) is 4.74 Å². The Balaban J connectivity index is 1.59. The Morgan fingerprint density at radius 2 is 2.25 bits per heavy atom. The second-order valence-electron chi connectivity index (χ2n) is 6.31. The zero-order valence-corrected chi connectivity index (χ0v) is 13.3. The number of nitrogens with one attached hydrogen (secondary N) is 1. The van der Waals surface area contributed by atoms with Gasteiger partial charge in [0.25, 0.3) is 0 Å². The molecule has 1 N–H and O–H groups in total. The van der Waals surface area contributed by atoms with Crippen LogP contribution in [0.25, 0.3) is 0 Å². The Morgan fingerprint density at radius 1 is 1.40 bits per heavy atom. The van der Waals surface area contributed by atoms with Gasteiger partial charge in [-0.15, -0.1) is 11.8 Å². The molecular formula is C16H26N2OS. The second kappa shape index (κ2) is 6.99. The Bertz CT molecular complexity index is 388. The van der Waals surface area contributed by atoms with Crippen LogP contribution in [0, 0.1) is 17.8 Å². The number of thioether (sulfide) groups is 1. The Kier molecular flexibility index (Phi) is 5.05. The molecule has 3 nitrogen and oxygen atoms in total. The normalized spacial score (nSPS) is 31.9. The van der Waals surface area contributed by atoms with E-state index in [1.54, 1.807) is 0 Å². The molecule has 1 aliphatic carbocycles. The predicted molar refractivity (Wildman–Crippen MR) is 86.3 cm³/mol. The third-order valence-corrected chi connectivity index (χ3v) is 5.65. The van der Waals surface area contributed by atoms with Crippen LogP contribution in [0.4, 0.5) is 0 Å². The first-order valence-electron chi connectivity index (χ1n) is 8.03. The molecule has 2 heterocycles. The molecule has 0 aromatic carbocycles. The molecule has 20 heavy (non-hydrogen) atoms. The molecule has 0 spiro atoms. The summed E-state index contributed by atoms with van der Waals surface area (Å²) in [6.45, 7) is 6.53.